The SMILES string of the molecule is CCC1CCC(C)N1C(=O)NC(C(=O)O)c1cccs1. The van der Waals surface area contributed by atoms with E-state index in [9.17, 15) is 14.7 Å². The van der Waals surface area contributed by atoms with Crippen LogP contribution in [0.15, 0.2) is 17.5 Å². The predicted octanol–water partition coefficient (Wildman–Crippen LogP) is 2.85. The Bertz CT molecular complexity index is 475. The van der Waals surface area contributed by atoms with Crippen LogP contribution in [0.5, 0.6) is 0 Å². The molecule has 2 N–H and O–H groups in total. The van der Waals surface area contributed by atoms with Crippen LogP contribution < -0.4 is 5.32 Å². The fraction of sp³-hybridized carbons (Fsp3) is 0.571. The molecule has 110 valence electrons. The highest BCUT2D eigenvalue weighted by Crippen LogP contribution is 2.27. The topological polar surface area (TPSA) is 69.6 Å². The van der Waals surface area contributed by atoms with Gasteiger partial charge in [-0.25, -0.2) is 9.59 Å². The van der Waals surface area contributed by atoms with E-state index in [0.717, 1.165) is 19.3 Å². The maximum Gasteiger partial charge on any atom is 0.331 e. The summed E-state index contributed by atoms with van der Waals surface area (Å²) in [5.74, 6) is -1.03. The Morgan fingerprint density at radius 3 is 2.85 bits per heavy atom. The van der Waals surface area contributed by atoms with E-state index in [1.165, 1.54) is 11.3 Å². The normalized spacial score (nSPS) is 23.6. The van der Waals surface area contributed by atoms with E-state index in [-0.39, 0.29) is 18.1 Å². The highest BCUT2D eigenvalue weighted by atomic mass is 32.1. The largest absolute Gasteiger partial charge is 0.479 e. The number of rotatable bonds is 4. The van der Waals surface area contributed by atoms with Gasteiger partial charge in [-0.15, -0.1) is 11.3 Å². The summed E-state index contributed by atoms with van der Waals surface area (Å²) in [5, 5.41) is 13.8. The molecule has 0 bridgehead atoms. The lowest BCUT2D eigenvalue weighted by atomic mass is 10.1. The van der Waals surface area contributed by atoms with Crippen LogP contribution >= 0.6 is 11.3 Å². The van der Waals surface area contributed by atoms with Crippen molar-refractivity contribution >= 4 is 23.3 Å². The van der Waals surface area contributed by atoms with Crippen molar-refractivity contribution in [1.82, 2.24) is 10.2 Å². The van der Waals surface area contributed by atoms with Crippen LogP contribution in [-0.2, 0) is 4.79 Å². The molecule has 2 rings (SSSR count). The molecular weight excluding hydrogens is 276 g/mol. The molecule has 20 heavy (non-hydrogen) atoms. The molecular formula is C14H20N2O3S. The van der Waals surface area contributed by atoms with Crippen LogP contribution in [-0.4, -0.2) is 34.1 Å². The van der Waals surface area contributed by atoms with E-state index in [0.29, 0.717) is 4.88 Å². The zero-order valence-corrected chi connectivity index (χ0v) is 12.5. The van der Waals surface area contributed by atoms with Gasteiger partial charge in [0, 0.05) is 17.0 Å². The van der Waals surface area contributed by atoms with Gasteiger partial charge in [0.25, 0.3) is 0 Å². The second kappa shape index (κ2) is 6.26. The third-order valence-electron chi connectivity index (χ3n) is 3.83. The maximum absolute atomic E-state index is 12.4. The van der Waals surface area contributed by atoms with Crippen molar-refractivity contribution in [2.75, 3.05) is 0 Å². The first-order valence-electron chi connectivity index (χ1n) is 6.89. The van der Waals surface area contributed by atoms with Crippen molar-refractivity contribution in [3.05, 3.63) is 22.4 Å². The van der Waals surface area contributed by atoms with Gasteiger partial charge in [-0.05, 0) is 37.6 Å². The van der Waals surface area contributed by atoms with Crippen molar-refractivity contribution in [2.24, 2.45) is 0 Å². The summed E-state index contributed by atoms with van der Waals surface area (Å²) in [5.41, 5.74) is 0. The lowest BCUT2D eigenvalue weighted by Crippen LogP contribution is -2.48. The predicted molar refractivity (Wildman–Crippen MR) is 77.8 cm³/mol. The first-order valence-corrected chi connectivity index (χ1v) is 7.77. The molecule has 1 saturated heterocycles. The summed E-state index contributed by atoms with van der Waals surface area (Å²) in [7, 11) is 0. The number of carbonyl (C=O) groups excluding carboxylic acids is 1. The summed E-state index contributed by atoms with van der Waals surface area (Å²) in [6.45, 7) is 4.06. The van der Waals surface area contributed by atoms with Gasteiger partial charge >= 0.3 is 12.0 Å². The van der Waals surface area contributed by atoms with Crippen molar-refractivity contribution in [3.63, 3.8) is 0 Å². The summed E-state index contributed by atoms with van der Waals surface area (Å²) in [6.07, 6.45) is 2.86. The number of carbonyl (C=O) groups is 2. The zero-order chi connectivity index (χ0) is 14.7. The number of carboxylic acid groups (broad SMARTS) is 1. The first kappa shape index (κ1) is 14.8. The highest BCUT2D eigenvalue weighted by molar-refractivity contribution is 7.10. The minimum absolute atomic E-state index is 0.165. The maximum atomic E-state index is 12.4. The lowest BCUT2D eigenvalue weighted by Gasteiger charge is -2.29. The van der Waals surface area contributed by atoms with Gasteiger partial charge in [0.15, 0.2) is 6.04 Å². The smallest absolute Gasteiger partial charge is 0.331 e. The van der Waals surface area contributed by atoms with Gasteiger partial charge in [-0.3, -0.25) is 0 Å². The number of nitrogens with zero attached hydrogens (tertiary/aromatic N) is 1. The van der Waals surface area contributed by atoms with E-state index in [1.807, 2.05) is 12.3 Å². The molecule has 1 aromatic heterocycles. The van der Waals surface area contributed by atoms with Crippen LogP contribution in [0.4, 0.5) is 4.79 Å². The second-order valence-corrected chi connectivity index (χ2v) is 6.11. The summed E-state index contributed by atoms with van der Waals surface area (Å²) >= 11 is 1.34. The Morgan fingerprint density at radius 2 is 2.30 bits per heavy atom. The number of hydrogen-bond acceptors (Lipinski definition) is 3. The zero-order valence-electron chi connectivity index (χ0n) is 11.7. The number of carboxylic acids is 1. The molecule has 0 aromatic carbocycles. The Balaban J connectivity index is 2.11. The summed E-state index contributed by atoms with van der Waals surface area (Å²) in [4.78, 5) is 26.2. The minimum Gasteiger partial charge on any atom is -0.479 e. The molecule has 2 heterocycles. The number of urea groups is 1. The average molecular weight is 296 g/mol. The van der Waals surface area contributed by atoms with Crippen LogP contribution in [0.2, 0.25) is 0 Å². The third kappa shape index (κ3) is 2.95. The van der Waals surface area contributed by atoms with Crippen molar-refractivity contribution in [1.29, 1.82) is 0 Å². The van der Waals surface area contributed by atoms with E-state index in [2.05, 4.69) is 12.2 Å². The molecule has 3 atom stereocenters. The monoisotopic (exact) mass is 296 g/mol. The number of nitrogens with one attached hydrogen (secondary N) is 1. The minimum atomic E-state index is -1.03. The van der Waals surface area contributed by atoms with Crippen molar-refractivity contribution in [2.45, 2.75) is 51.2 Å². The van der Waals surface area contributed by atoms with Gasteiger partial charge < -0.3 is 15.3 Å². The van der Waals surface area contributed by atoms with Gasteiger partial charge in [0.05, 0.1) is 0 Å². The fourth-order valence-corrected chi connectivity index (χ4v) is 3.51. The molecule has 2 amide bonds. The van der Waals surface area contributed by atoms with Gasteiger partial charge in [-0.2, -0.15) is 0 Å². The van der Waals surface area contributed by atoms with Crippen molar-refractivity contribution in [3.8, 4) is 0 Å². The van der Waals surface area contributed by atoms with Gasteiger partial charge in [0.2, 0.25) is 0 Å². The Hall–Kier alpha value is -1.56. The lowest BCUT2D eigenvalue weighted by molar-refractivity contribution is -0.139. The number of likely N-dealkylation sites (tertiary alicyclic amines) is 1. The van der Waals surface area contributed by atoms with Gasteiger partial charge in [0.1, 0.15) is 0 Å². The number of aliphatic carboxylic acids is 1. The molecule has 0 radical (unpaired) electrons. The van der Waals surface area contributed by atoms with E-state index >= 15 is 0 Å². The average Bonchev–Trinajstić information content (AvgIpc) is 3.04. The highest BCUT2D eigenvalue weighted by Gasteiger charge is 2.35. The Kier molecular flexibility index (Phi) is 4.65. The van der Waals surface area contributed by atoms with Crippen LogP contribution in [0.1, 0.15) is 44.0 Å². The Labute approximate surface area is 122 Å². The van der Waals surface area contributed by atoms with E-state index in [1.54, 1.807) is 17.0 Å². The molecule has 6 heteroatoms. The molecule has 3 unspecified atom stereocenters. The molecule has 0 spiro atoms. The third-order valence-corrected chi connectivity index (χ3v) is 4.77. The number of hydrogen-bond donors (Lipinski definition) is 2. The molecule has 1 aliphatic heterocycles. The molecule has 0 saturated carbocycles. The van der Waals surface area contributed by atoms with Gasteiger partial charge in [-0.1, -0.05) is 13.0 Å². The summed E-state index contributed by atoms with van der Waals surface area (Å²) in [6, 6.07) is 2.65. The quantitative estimate of drug-likeness (QED) is 0.897. The Morgan fingerprint density at radius 1 is 1.55 bits per heavy atom. The molecule has 1 aromatic rings. The second-order valence-electron chi connectivity index (χ2n) is 5.13. The van der Waals surface area contributed by atoms with E-state index < -0.39 is 12.0 Å². The summed E-state index contributed by atoms with van der Waals surface area (Å²) < 4.78 is 0. The number of thiophene rings is 1. The number of amides is 2. The first-order chi connectivity index (χ1) is 9.54. The molecule has 0 aliphatic carbocycles. The van der Waals surface area contributed by atoms with Crippen LogP contribution in [0.3, 0.4) is 0 Å². The molecule has 1 aliphatic rings. The van der Waals surface area contributed by atoms with Crippen LogP contribution in [0, 0.1) is 0 Å². The molecule has 1 fully saturated rings. The molecule has 5 nitrogen and oxygen atoms in total. The van der Waals surface area contributed by atoms with E-state index in [4.69, 9.17) is 0 Å². The van der Waals surface area contributed by atoms with Crippen LogP contribution in [0.25, 0.3) is 0 Å². The standard InChI is InChI=1S/C14H20N2O3S/c1-3-10-7-6-9(2)16(10)14(19)15-12(13(17)18)11-5-4-8-20-11/h4-5,8-10,12H,3,6-7H2,1-2H3,(H,15,19)(H,17,18). The fourth-order valence-electron chi connectivity index (χ4n) is 2.75. The van der Waals surface area contributed by atoms with Crippen molar-refractivity contribution < 1.29 is 14.7 Å².